The van der Waals surface area contributed by atoms with Crippen LogP contribution in [0.3, 0.4) is 0 Å². The SMILES string of the molecule is CC(C)OCCCNS(=O)(=O)OC(=O)NCc1ccccc1. The van der Waals surface area contributed by atoms with Crippen molar-refractivity contribution in [2.45, 2.75) is 32.9 Å². The molecule has 0 radical (unpaired) electrons. The molecule has 8 heteroatoms. The third kappa shape index (κ3) is 8.60. The van der Waals surface area contributed by atoms with Gasteiger partial charge in [0.2, 0.25) is 0 Å². The number of nitrogens with one attached hydrogen (secondary N) is 2. The van der Waals surface area contributed by atoms with E-state index in [0.29, 0.717) is 13.0 Å². The summed E-state index contributed by atoms with van der Waals surface area (Å²) < 4.78 is 34.8. The van der Waals surface area contributed by atoms with Gasteiger partial charge in [-0.2, -0.15) is 13.1 Å². The maximum Gasteiger partial charge on any atom is 0.423 e. The number of carbonyl (C=O) groups excluding carboxylic acids is 1. The highest BCUT2D eigenvalue weighted by Gasteiger charge is 2.15. The fourth-order valence-corrected chi connectivity index (χ4v) is 2.23. The van der Waals surface area contributed by atoms with E-state index in [4.69, 9.17) is 4.74 Å². The Labute approximate surface area is 131 Å². The number of ether oxygens (including phenoxy) is 1. The third-order valence-corrected chi connectivity index (χ3v) is 3.44. The van der Waals surface area contributed by atoms with Crippen LogP contribution in [0.1, 0.15) is 25.8 Å². The van der Waals surface area contributed by atoms with Crippen molar-refractivity contribution in [3.8, 4) is 0 Å². The molecule has 0 aliphatic rings. The summed E-state index contributed by atoms with van der Waals surface area (Å²) in [7, 11) is -4.10. The molecule has 22 heavy (non-hydrogen) atoms. The largest absolute Gasteiger partial charge is 0.423 e. The second kappa shape index (κ2) is 9.39. The summed E-state index contributed by atoms with van der Waals surface area (Å²) in [4.78, 5) is 11.4. The minimum atomic E-state index is -4.10. The van der Waals surface area contributed by atoms with Crippen LogP contribution in [-0.4, -0.2) is 33.8 Å². The molecule has 0 aliphatic carbocycles. The predicted octanol–water partition coefficient (Wildman–Crippen LogP) is 1.56. The van der Waals surface area contributed by atoms with Gasteiger partial charge in [-0.15, -0.1) is 0 Å². The van der Waals surface area contributed by atoms with Crippen molar-refractivity contribution in [1.82, 2.24) is 10.0 Å². The van der Waals surface area contributed by atoms with Gasteiger partial charge in [0.25, 0.3) is 0 Å². The van der Waals surface area contributed by atoms with Crippen LogP contribution in [0, 0.1) is 0 Å². The van der Waals surface area contributed by atoms with Crippen molar-refractivity contribution < 1.29 is 22.1 Å². The van der Waals surface area contributed by atoms with Crippen LogP contribution in [0.25, 0.3) is 0 Å². The summed E-state index contributed by atoms with van der Waals surface area (Å²) in [6.45, 7) is 4.55. The molecule has 0 aromatic heterocycles. The third-order valence-electron chi connectivity index (χ3n) is 2.52. The highest BCUT2D eigenvalue weighted by molar-refractivity contribution is 7.85. The lowest BCUT2D eigenvalue weighted by molar-refractivity contribution is 0.0777. The average molecular weight is 330 g/mol. The minimum absolute atomic E-state index is 0.0941. The molecule has 124 valence electrons. The molecule has 0 heterocycles. The molecule has 2 N–H and O–H groups in total. The van der Waals surface area contributed by atoms with E-state index in [9.17, 15) is 13.2 Å². The van der Waals surface area contributed by atoms with E-state index in [2.05, 4.69) is 14.2 Å². The maximum atomic E-state index is 11.5. The predicted molar refractivity (Wildman–Crippen MR) is 82.4 cm³/mol. The van der Waals surface area contributed by atoms with E-state index in [1.807, 2.05) is 44.2 Å². The molecule has 1 aromatic carbocycles. The molecule has 0 atom stereocenters. The summed E-state index contributed by atoms with van der Waals surface area (Å²) in [5.41, 5.74) is 0.843. The number of benzene rings is 1. The Morgan fingerprint density at radius 3 is 2.55 bits per heavy atom. The summed E-state index contributed by atoms with van der Waals surface area (Å²) in [5.74, 6) is 0. The van der Waals surface area contributed by atoms with E-state index in [1.54, 1.807) is 0 Å². The number of hydrogen-bond donors (Lipinski definition) is 2. The molecule has 1 aromatic rings. The van der Waals surface area contributed by atoms with Crippen molar-refractivity contribution in [3.63, 3.8) is 0 Å². The van der Waals surface area contributed by atoms with Crippen molar-refractivity contribution in [3.05, 3.63) is 35.9 Å². The molecule has 0 saturated heterocycles. The zero-order valence-electron chi connectivity index (χ0n) is 12.7. The van der Waals surface area contributed by atoms with Gasteiger partial charge in [-0.3, -0.25) is 0 Å². The fourth-order valence-electron chi connectivity index (χ4n) is 1.52. The molecule has 0 saturated carbocycles. The van der Waals surface area contributed by atoms with Crippen molar-refractivity contribution in [2.24, 2.45) is 0 Å². The quantitative estimate of drug-likeness (QED) is 0.670. The van der Waals surface area contributed by atoms with E-state index in [-0.39, 0.29) is 19.2 Å². The molecule has 0 spiro atoms. The number of carbonyl (C=O) groups is 1. The molecule has 0 aliphatic heterocycles. The molecule has 0 fully saturated rings. The number of hydrogen-bond acceptors (Lipinski definition) is 5. The Bertz CT molecular complexity index is 546. The van der Waals surface area contributed by atoms with Gasteiger partial charge in [0, 0.05) is 19.7 Å². The molecular weight excluding hydrogens is 308 g/mol. The van der Waals surface area contributed by atoms with E-state index in [1.165, 1.54) is 0 Å². The number of rotatable bonds is 9. The van der Waals surface area contributed by atoms with Gasteiger partial charge < -0.3 is 14.2 Å². The van der Waals surface area contributed by atoms with Crippen molar-refractivity contribution in [2.75, 3.05) is 13.2 Å². The topological polar surface area (TPSA) is 93.7 Å². The lowest BCUT2D eigenvalue weighted by Crippen LogP contribution is -2.34. The standard InChI is InChI=1S/C14H22N2O5S/c1-12(2)20-10-6-9-16-22(18,19)21-14(17)15-11-13-7-4-3-5-8-13/h3-5,7-8,12,16H,6,9-11H2,1-2H3,(H,15,17). The first kappa shape index (κ1) is 18.4. The maximum absolute atomic E-state index is 11.5. The monoisotopic (exact) mass is 330 g/mol. The first-order valence-electron chi connectivity index (χ1n) is 7.01. The van der Waals surface area contributed by atoms with Gasteiger partial charge in [-0.05, 0) is 25.8 Å². The van der Waals surface area contributed by atoms with Crippen molar-refractivity contribution in [1.29, 1.82) is 0 Å². The highest BCUT2D eigenvalue weighted by atomic mass is 32.2. The summed E-state index contributed by atoms with van der Waals surface area (Å²) in [6.07, 6.45) is -0.432. The molecular formula is C14H22N2O5S. The van der Waals surface area contributed by atoms with Crippen LogP contribution in [0.4, 0.5) is 4.79 Å². The van der Waals surface area contributed by atoms with Gasteiger partial charge in [-0.25, -0.2) is 4.79 Å². The first-order chi connectivity index (χ1) is 10.4. The molecule has 1 rings (SSSR count). The van der Waals surface area contributed by atoms with Crippen molar-refractivity contribution >= 4 is 16.4 Å². The summed E-state index contributed by atoms with van der Waals surface area (Å²) in [5, 5.41) is 2.37. The number of amides is 1. The molecule has 7 nitrogen and oxygen atoms in total. The Morgan fingerprint density at radius 2 is 1.91 bits per heavy atom. The van der Waals surface area contributed by atoms with Crippen LogP contribution >= 0.6 is 0 Å². The van der Waals surface area contributed by atoms with Gasteiger partial charge in [-0.1, -0.05) is 30.3 Å². The van der Waals surface area contributed by atoms with Crippen LogP contribution in [0.5, 0.6) is 0 Å². The lowest BCUT2D eigenvalue weighted by atomic mass is 10.2. The average Bonchev–Trinajstić information content (AvgIpc) is 2.45. The normalized spacial score (nSPS) is 11.4. The van der Waals surface area contributed by atoms with Gasteiger partial charge in [0.05, 0.1) is 6.10 Å². The summed E-state index contributed by atoms with van der Waals surface area (Å²) in [6, 6.07) is 9.10. The lowest BCUT2D eigenvalue weighted by Gasteiger charge is -2.09. The Hall–Kier alpha value is -1.64. The summed E-state index contributed by atoms with van der Waals surface area (Å²) >= 11 is 0. The van der Waals surface area contributed by atoms with Gasteiger partial charge in [0.15, 0.2) is 0 Å². The van der Waals surface area contributed by atoms with Gasteiger partial charge >= 0.3 is 16.4 Å². The highest BCUT2D eigenvalue weighted by Crippen LogP contribution is 1.98. The van der Waals surface area contributed by atoms with Crippen LogP contribution in [0.15, 0.2) is 30.3 Å². The van der Waals surface area contributed by atoms with E-state index < -0.39 is 16.4 Å². The molecule has 0 unspecified atom stereocenters. The Balaban J connectivity index is 2.24. The van der Waals surface area contributed by atoms with Crippen LogP contribution < -0.4 is 10.0 Å². The van der Waals surface area contributed by atoms with Gasteiger partial charge in [0.1, 0.15) is 0 Å². The zero-order valence-corrected chi connectivity index (χ0v) is 13.6. The Kier molecular flexibility index (Phi) is 7.86. The molecule has 0 bridgehead atoms. The minimum Gasteiger partial charge on any atom is -0.379 e. The van der Waals surface area contributed by atoms with E-state index >= 15 is 0 Å². The van der Waals surface area contributed by atoms with Crippen LogP contribution in [0.2, 0.25) is 0 Å². The zero-order chi connectivity index (χ0) is 16.4. The smallest absolute Gasteiger partial charge is 0.379 e. The first-order valence-corrected chi connectivity index (χ1v) is 8.42. The second-order valence-corrected chi connectivity index (χ2v) is 6.20. The van der Waals surface area contributed by atoms with Crippen LogP contribution in [-0.2, 0) is 25.8 Å². The van der Waals surface area contributed by atoms with E-state index in [0.717, 1.165) is 5.56 Å². The Morgan fingerprint density at radius 1 is 1.23 bits per heavy atom. The fraction of sp³-hybridized carbons (Fsp3) is 0.500. The molecule has 1 amide bonds. The second-order valence-electron chi connectivity index (χ2n) is 4.83.